The summed E-state index contributed by atoms with van der Waals surface area (Å²) in [5, 5.41) is 10.8. The molecule has 188 valence electrons. The van der Waals surface area contributed by atoms with E-state index >= 15 is 0 Å². The monoisotopic (exact) mass is 474 g/mol. The van der Waals surface area contributed by atoms with Gasteiger partial charge in [0.1, 0.15) is 5.60 Å². The molecule has 1 heterocycles. The predicted octanol–water partition coefficient (Wildman–Crippen LogP) is 6.68. The maximum Gasteiger partial charge on any atom is 0.563 e. The third kappa shape index (κ3) is 4.97. The normalized spacial score (nSPS) is 19.3. The van der Waals surface area contributed by atoms with Crippen LogP contribution in [0.1, 0.15) is 100 Å². The van der Waals surface area contributed by atoms with Crippen LogP contribution in [-0.4, -0.2) is 23.4 Å². The Bertz CT molecular complexity index is 1080. The van der Waals surface area contributed by atoms with Gasteiger partial charge in [-0.15, -0.1) is 0 Å². The molecule has 35 heavy (non-hydrogen) atoms. The largest absolute Gasteiger partial charge is 0.563 e. The molecule has 1 aliphatic carbocycles. The van der Waals surface area contributed by atoms with Gasteiger partial charge in [-0.1, -0.05) is 69.7 Å². The topological polar surface area (TPSA) is 38.7 Å². The highest BCUT2D eigenvalue weighted by atomic mass is 16.7. The van der Waals surface area contributed by atoms with E-state index in [1.807, 2.05) is 13.8 Å². The summed E-state index contributed by atoms with van der Waals surface area (Å²) in [6.45, 7) is 17.0. The SMILES string of the molecule is C=C1OB(c2ccc(C(CC)(CC)c3ccc(CCC4(O)CCCC4)c(C)c3)cc2C)OC1(C)C. The number of hydrogen-bond acceptors (Lipinski definition) is 3. The van der Waals surface area contributed by atoms with Crippen molar-refractivity contribution < 1.29 is 14.4 Å². The Morgan fingerprint density at radius 3 is 2.09 bits per heavy atom. The van der Waals surface area contributed by atoms with Gasteiger partial charge in [0.15, 0.2) is 0 Å². The van der Waals surface area contributed by atoms with Crippen molar-refractivity contribution in [2.75, 3.05) is 0 Å². The van der Waals surface area contributed by atoms with Gasteiger partial charge in [0, 0.05) is 5.41 Å². The summed E-state index contributed by atoms with van der Waals surface area (Å²) in [5.74, 6) is 0.679. The second-order valence-electron chi connectivity index (χ2n) is 11.4. The van der Waals surface area contributed by atoms with Gasteiger partial charge >= 0.3 is 7.12 Å². The number of hydrogen-bond donors (Lipinski definition) is 1. The summed E-state index contributed by atoms with van der Waals surface area (Å²) in [4.78, 5) is 0. The molecule has 2 aromatic rings. The fraction of sp³-hybridized carbons (Fsp3) is 0.548. The van der Waals surface area contributed by atoms with Crippen molar-refractivity contribution in [3.63, 3.8) is 0 Å². The first-order chi connectivity index (χ1) is 16.5. The van der Waals surface area contributed by atoms with E-state index in [0.717, 1.165) is 56.8 Å². The number of rotatable bonds is 8. The van der Waals surface area contributed by atoms with Gasteiger partial charge in [-0.25, -0.2) is 0 Å². The Labute approximate surface area is 213 Å². The quantitative estimate of drug-likeness (QED) is 0.434. The molecule has 0 spiro atoms. The Kier molecular flexibility index (Phi) is 7.28. The number of benzene rings is 2. The van der Waals surface area contributed by atoms with Gasteiger partial charge in [-0.3, -0.25) is 0 Å². The molecule has 2 aliphatic rings. The smallest absolute Gasteiger partial charge is 0.534 e. The molecule has 3 nitrogen and oxygen atoms in total. The molecule has 0 unspecified atom stereocenters. The van der Waals surface area contributed by atoms with Crippen molar-refractivity contribution in [2.24, 2.45) is 0 Å². The van der Waals surface area contributed by atoms with Crippen LogP contribution in [0.4, 0.5) is 0 Å². The molecule has 0 amide bonds. The summed E-state index contributed by atoms with van der Waals surface area (Å²) < 4.78 is 12.1. The third-order valence-corrected chi connectivity index (χ3v) is 8.90. The molecule has 4 heteroatoms. The number of aliphatic hydroxyl groups is 1. The zero-order chi connectivity index (χ0) is 25.4. The van der Waals surface area contributed by atoms with Crippen LogP contribution < -0.4 is 5.46 Å². The first kappa shape index (κ1) is 26.0. The van der Waals surface area contributed by atoms with E-state index in [0.29, 0.717) is 5.76 Å². The predicted molar refractivity (Wildman–Crippen MR) is 146 cm³/mol. The van der Waals surface area contributed by atoms with Gasteiger partial charge in [0.2, 0.25) is 0 Å². The maximum atomic E-state index is 10.8. The lowest BCUT2D eigenvalue weighted by molar-refractivity contribution is 0.0391. The maximum absolute atomic E-state index is 10.8. The molecular weight excluding hydrogens is 431 g/mol. The average molecular weight is 474 g/mol. The van der Waals surface area contributed by atoms with Crippen LogP contribution in [0.25, 0.3) is 0 Å². The standard InChI is InChI=1S/C31H43BO3/c1-8-31(9-2,26-13-12-25(22(3)20-26)16-19-30(33)17-10-11-18-30)27-14-15-28(23(4)21-27)32-34-24(5)29(6,7)35-32/h12-15,20-21,33H,5,8-11,16-19H2,1-4,6-7H3. The lowest BCUT2D eigenvalue weighted by Crippen LogP contribution is -2.37. The first-order valence-electron chi connectivity index (χ1n) is 13.5. The highest BCUT2D eigenvalue weighted by molar-refractivity contribution is 6.62. The molecule has 1 aliphatic heterocycles. The Balaban J connectivity index is 1.60. The molecule has 2 aromatic carbocycles. The molecule has 2 fully saturated rings. The van der Waals surface area contributed by atoms with Gasteiger partial charge < -0.3 is 14.4 Å². The second-order valence-corrected chi connectivity index (χ2v) is 11.4. The van der Waals surface area contributed by atoms with Crippen LogP contribution in [0.15, 0.2) is 48.7 Å². The van der Waals surface area contributed by atoms with E-state index in [1.165, 1.54) is 27.8 Å². The van der Waals surface area contributed by atoms with Crippen LogP contribution in [0.2, 0.25) is 0 Å². The summed E-state index contributed by atoms with van der Waals surface area (Å²) in [6.07, 6.45) is 8.11. The van der Waals surface area contributed by atoms with Gasteiger partial charge in [-0.2, -0.15) is 0 Å². The lowest BCUT2D eigenvalue weighted by atomic mass is 9.67. The molecule has 0 aromatic heterocycles. The van der Waals surface area contributed by atoms with Crippen LogP contribution in [0.3, 0.4) is 0 Å². The van der Waals surface area contributed by atoms with Crippen molar-refractivity contribution in [1.82, 2.24) is 0 Å². The van der Waals surface area contributed by atoms with Gasteiger partial charge in [0.05, 0.1) is 11.4 Å². The highest BCUT2D eigenvalue weighted by Crippen LogP contribution is 2.40. The molecule has 0 radical (unpaired) electrons. The Morgan fingerprint density at radius 2 is 1.57 bits per heavy atom. The van der Waals surface area contributed by atoms with Crippen molar-refractivity contribution in [2.45, 2.75) is 110 Å². The van der Waals surface area contributed by atoms with Crippen molar-refractivity contribution in [1.29, 1.82) is 0 Å². The molecule has 1 saturated carbocycles. The van der Waals surface area contributed by atoms with E-state index in [4.69, 9.17) is 9.31 Å². The third-order valence-electron chi connectivity index (χ3n) is 8.90. The molecule has 0 atom stereocenters. The Morgan fingerprint density at radius 1 is 0.971 bits per heavy atom. The van der Waals surface area contributed by atoms with Crippen LogP contribution >= 0.6 is 0 Å². The molecule has 1 N–H and O–H groups in total. The van der Waals surface area contributed by atoms with E-state index in [-0.39, 0.29) is 5.41 Å². The van der Waals surface area contributed by atoms with E-state index in [1.54, 1.807) is 0 Å². The second kappa shape index (κ2) is 9.79. The first-order valence-corrected chi connectivity index (χ1v) is 13.5. The van der Waals surface area contributed by atoms with Crippen LogP contribution in [0.5, 0.6) is 0 Å². The number of aryl methyl sites for hydroxylation is 3. The summed E-state index contributed by atoms with van der Waals surface area (Å²) >= 11 is 0. The fourth-order valence-corrected chi connectivity index (χ4v) is 6.15. The van der Waals surface area contributed by atoms with Crippen LogP contribution in [-0.2, 0) is 21.1 Å². The average Bonchev–Trinajstić information content (AvgIpc) is 3.37. The molecular formula is C31H43BO3. The van der Waals surface area contributed by atoms with Crippen molar-refractivity contribution >= 4 is 12.6 Å². The summed E-state index contributed by atoms with van der Waals surface area (Å²) in [6, 6.07) is 13.8. The minimum Gasteiger partial charge on any atom is -0.534 e. The van der Waals surface area contributed by atoms with Gasteiger partial charge in [0.25, 0.3) is 0 Å². The summed E-state index contributed by atoms with van der Waals surface area (Å²) in [7, 11) is -0.402. The Hall–Kier alpha value is -2.04. The van der Waals surface area contributed by atoms with Crippen LogP contribution in [0, 0.1) is 13.8 Å². The minimum atomic E-state index is -0.473. The van der Waals surface area contributed by atoms with Crippen molar-refractivity contribution in [3.05, 3.63) is 76.6 Å². The lowest BCUT2D eigenvalue weighted by Gasteiger charge is -2.34. The van der Waals surface area contributed by atoms with Crippen molar-refractivity contribution in [3.8, 4) is 0 Å². The zero-order valence-electron chi connectivity index (χ0n) is 22.7. The molecule has 4 rings (SSSR count). The highest BCUT2D eigenvalue weighted by Gasteiger charge is 2.43. The van der Waals surface area contributed by atoms with E-state index < -0.39 is 18.3 Å². The zero-order valence-corrected chi connectivity index (χ0v) is 22.7. The van der Waals surface area contributed by atoms with E-state index in [9.17, 15) is 5.11 Å². The molecule has 1 saturated heterocycles. The van der Waals surface area contributed by atoms with Gasteiger partial charge in [-0.05, 0) is 99.5 Å². The summed E-state index contributed by atoms with van der Waals surface area (Å²) in [5.41, 5.74) is 6.69. The fourth-order valence-electron chi connectivity index (χ4n) is 6.15. The van der Waals surface area contributed by atoms with E-state index in [2.05, 4.69) is 70.7 Å². The minimum absolute atomic E-state index is 0.0451. The molecule has 0 bridgehead atoms.